The second-order valence-electron chi connectivity index (χ2n) is 2.20. The zero-order valence-corrected chi connectivity index (χ0v) is 5.65. The van der Waals surface area contributed by atoms with Crippen LogP contribution in [0.4, 0.5) is 13.2 Å². The third-order valence-electron chi connectivity index (χ3n) is 1.25. The Kier molecular flexibility index (Phi) is 1.81. The Bertz CT molecular complexity index is 250. The highest BCUT2D eigenvalue weighted by Gasteiger charge is 2.27. The smallest absolute Gasteiger partial charge is 0.199 e. The van der Waals surface area contributed by atoms with Gasteiger partial charge in [-0.3, -0.25) is 0 Å². The van der Waals surface area contributed by atoms with E-state index in [1.165, 1.54) is 12.1 Å². The van der Waals surface area contributed by atoms with Gasteiger partial charge in [0.05, 0.1) is 0 Å². The van der Waals surface area contributed by atoms with Crippen molar-refractivity contribution >= 4 is 0 Å². The summed E-state index contributed by atoms with van der Waals surface area (Å²) in [4.78, 5) is 0. The van der Waals surface area contributed by atoms with Gasteiger partial charge in [0.2, 0.25) is 0 Å². The predicted octanol–water partition coefficient (Wildman–Crippen LogP) is 2.89. The third kappa shape index (κ3) is 1.90. The zero-order valence-electron chi connectivity index (χ0n) is 5.65. The van der Waals surface area contributed by atoms with Gasteiger partial charge in [-0.05, 0) is 5.56 Å². The predicted molar refractivity (Wildman–Crippen MR) is 35.9 cm³/mol. The van der Waals surface area contributed by atoms with Crippen LogP contribution < -0.4 is 0 Å². The molecule has 0 aliphatic carbocycles. The zero-order chi connectivity index (χ0) is 8.48. The van der Waals surface area contributed by atoms with Crippen LogP contribution in [0.5, 0.6) is 0 Å². The lowest BCUT2D eigenvalue weighted by Crippen LogP contribution is -2.04. The van der Waals surface area contributed by atoms with E-state index in [4.69, 9.17) is 0 Å². The SMILES string of the molecule is [CH2-]c1cccc(C(F)(F)F)c1. The van der Waals surface area contributed by atoms with Crippen LogP contribution in [0.15, 0.2) is 24.3 Å². The number of alkyl halides is 3. The fourth-order valence-electron chi connectivity index (χ4n) is 0.748. The molecule has 0 saturated heterocycles. The summed E-state index contributed by atoms with van der Waals surface area (Å²) >= 11 is 0. The van der Waals surface area contributed by atoms with Crippen molar-refractivity contribution in [2.75, 3.05) is 0 Å². The van der Waals surface area contributed by atoms with E-state index in [1.807, 2.05) is 0 Å². The third-order valence-corrected chi connectivity index (χ3v) is 1.25. The summed E-state index contributed by atoms with van der Waals surface area (Å²) in [5, 5.41) is 0. The Morgan fingerprint density at radius 1 is 1.18 bits per heavy atom. The van der Waals surface area contributed by atoms with Crippen molar-refractivity contribution in [2.24, 2.45) is 0 Å². The van der Waals surface area contributed by atoms with Crippen molar-refractivity contribution in [3.05, 3.63) is 42.3 Å². The van der Waals surface area contributed by atoms with Crippen LogP contribution in [0.3, 0.4) is 0 Å². The average molecular weight is 159 g/mol. The molecule has 0 radical (unpaired) electrons. The van der Waals surface area contributed by atoms with Crippen molar-refractivity contribution in [1.82, 2.24) is 0 Å². The molecule has 0 aliphatic heterocycles. The molecule has 60 valence electrons. The van der Waals surface area contributed by atoms with E-state index >= 15 is 0 Å². The van der Waals surface area contributed by atoms with E-state index < -0.39 is 11.7 Å². The van der Waals surface area contributed by atoms with E-state index in [0.717, 1.165) is 12.1 Å². The minimum absolute atomic E-state index is 0.375. The lowest BCUT2D eigenvalue weighted by Gasteiger charge is -2.10. The maximum Gasteiger partial charge on any atom is 0.405 e. The average Bonchev–Trinajstić information content (AvgIpc) is 1.86. The molecule has 0 fully saturated rings. The van der Waals surface area contributed by atoms with Gasteiger partial charge in [0.15, 0.2) is 0 Å². The van der Waals surface area contributed by atoms with Crippen LogP contribution in [0.1, 0.15) is 11.1 Å². The van der Waals surface area contributed by atoms with Crippen LogP contribution in [-0.4, -0.2) is 0 Å². The number of rotatable bonds is 0. The molecule has 0 unspecified atom stereocenters. The first-order valence-corrected chi connectivity index (χ1v) is 2.99. The van der Waals surface area contributed by atoms with Crippen molar-refractivity contribution in [3.63, 3.8) is 0 Å². The largest absolute Gasteiger partial charge is 0.405 e. The normalized spacial score (nSPS) is 11.5. The Labute approximate surface area is 62.7 Å². The summed E-state index contributed by atoms with van der Waals surface area (Å²) in [7, 11) is 0. The summed E-state index contributed by atoms with van der Waals surface area (Å²) in [5.41, 5.74) is -0.273. The maximum atomic E-state index is 11.9. The first-order valence-electron chi connectivity index (χ1n) is 2.99. The number of hydrogen-bond acceptors (Lipinski definition) is 0. The Morgan fingerprint density at radius 2 is 1.82 bits per heavy atom. The fraction of sp³-hybridized carbons (Fsp3) is 0.125. The summed E-state index contributed by atoms with van der Waals surface area (Å²) < 4.78 is 35.8. The van der Waals surface area contributed by atoms with Crippen LogP contribution >= 0.6 is 0 Å². The molecule has 0 nitrogen and oxygen atoms in total. The molecule has 0 spiro atoms. The summed E-state index contributed by atoms with van der Waals surface area (Å²) in [6.45, 7) is 3.39. The summed E-state index contributed by atoms with van der Waals surface area (Å²) in [6.07, 6.45) is -4.26. The molecule has 0 atom stereocenters. The Morgan fingerprint density at radius 3 is 2.18 bits per heavy atom. The lowest BCUT2D eigenvalue weighted by molar-refractivity contribution is -0.137. The van der Waals surface area contributed by atoms with Crippen molar-refractivity contribution in [2.45, 2.75) is 6.18 Å². The van der Waals surface area contributed by atoms with Gasteiger partial charge in [-0.25, -0.2) is 0 Å². The quantitative estimate of drug-likeness (QED) is 0.510. The van der Waals surface area contributed by atoms with Crippen LogP contribution in [0.25, 0.3) is 0 Å². The molecule has 0 heterocycles. The van der Waals surface area contributed by atoms with Crippen molar-refractivity contribution in [3.8, 4) is 0 Å². The molecule has 1 aromatic carbocycles. The van der Waals surface area contributed by atoms with Gasteiger partial charge in [-0.2, -0.15) is 37.8 Å². The van der Waals surface area contributed by atoms with Gasteiger partial charge < -0.3 is 0 Å². The molecule has 0 N–H and O–H groups in total. The number of benzene rings is 1. The van der Waals surface area contributed by atoms with Crippen LogP contribution in [0.2, 0.25) is 0 Å². The van der Waals surface area contributed by atoms with Gasteiger partial charge >= 0.3 is 6.18 Å². The Balaban J connectivity index is 3.06. The molecule has 11 heavy (non-hydrogen) atoms. The molecule has 0 bridgehead atoms. The van der Waals surface area contributed by atoms with Gasteiger partial charge in [0.1, 0.15) is 0 Å². The van der Waals surface area contributed by atoms with Gasteiger partial charge in [-0.15, -0.1) is 6.07 Å². The molecule has 1 aromatic rings. The molecular weight excluding hydrogens is 153 g/mol. The van der Waals surface area contributed by atoms with Crippen LogP contribution in [0, 0.1) is 6.92 Å². The maximum absolute atomic E-state index is 11.9. The molecule has 3 heteroatoms. The topological polar surface area (TPSA) is 0 Å². The van der Waals surface area contributed by atoms with Gasteiger partial charge in [0.25, 0.3) is 0 Å². The molecule has 1 rings (SSSR count). The lowest BCUT2D eigenvalue weighted by atomic mass is 10.1. The molecule has 0 aliphatic rings. The van der Waals surface area contributed by atoms with E-state index in [2.05, 4.69) is 6.92 Å². The molecular formula is C8H6F3-. The minimum atomic E-state index is -4.26. The first kappa shape index (κ1) is 7.98. The molecule has 0 saturated carbocycles. The van der Waals surface area contributed by atoms with Crippen LogP contribution in [-0.2, 0) is 6.18 Å². The van der Waals surface area contributed by atoms with Crippen molar-refractivity contribution in [1.29, 1.82) is 0 Å². The highest BCUT2D eigenvalue weighted by atomic mass is 19.4. The standard InChI is InChI=1S/C8H6F3/c1-6-3-2-4-7(5-6)8(9,10)11/h2-5H,1H2/q-1. The van der Waals surface area contributed by atoms with Gasteiger partial charge in [0, 0.05) is 0 Å². The van der Waals surface area contributed by atoms with E-state index in [-0.39, 0.29) is 0 Å². The first-order chi connectivity index (χ1) is 5.00. The van der Waals surface area contributed by atoms with Gasteiger partial charge in [-0.1, -0.05) is 6.07 Å². The highest BCUT2D eigenvalue weighted by molar-refractivity contribution is 5.27. The van der Waals surface area contributed by atoms with E-state index in [1.54, 1.807) is 0 Å². The van der Waals surface area contributed by atoms with E-state index in [0.29, 0.717) is 5.56 Å². The second-order valence-corrected chi connectivity index (χ2v) is 2.20. The summed E-state index contributed by atoms with van der Waals surface area (Å²) in [5.74, 6) is 0. The monoisotopic (exact) mass is 159 g/mol. The molecule has 0 aromatic heterocycles. The highest BCUT2D eigenvalue weighted by Crippen LogP contribution is 2.29. The Hall–Kier alpha value is -1.12. The second kappa shape index (κ2) is 2.49. The minimum Gasteiger partial charge on any atom is -0.199 e. The fourth-order valence-corrected chi connectivity index (χ4v) is 0.748. The van der Waals surface area contributed by atoms with E-state index in [9.17, 15) is 13.2 Å². The number of hydrogen-bond donors (Lipinski definition) is 0. The molecule has 0 amide bonds. The van der Waals surface area contributed by atoms with Crippen molar-refractivity contribution < 1.29 is 13.2 Å². The summed E-state index contributed by atoms with van der Waals surface area (Å²) in [6, 6.07) is 4.90. The number of halogens is 3.